The second-order valence-corrected chi connectivity index (χ2v) is 5.91. The van der Waals surface area contributed by atoms with E-state index < -0.39 is 0 Å². The molecule has 0 atom stereocenters. The zero-order chi connectivity index (χ0) is 16.2. The molecule has 0 amide bonds. The Morgan fingerprint density at radius 3 is 3.04 bits per heavy atom. The number of hydrogen-bond acceptors (Lipinski definition) is 6. The first-order valence-corrected chi connectivity index (χ1v) is 8.14. The molecule has 5 nitrogen and oxygen atoms in total. The molecule has 3 rings (SSSR count). The average molecular weight is 349 g/mol. The van der Waals surface area contributed by atoms with Gasteiger partial charge < -0.3 is 14.4 Å². The highest BCUT2D eigenvalue weighted by atomic mass is 35.5. The van der Waals surface area contributed by atoms with Crippen molar-refractivity contribution < 1.29 is 14.4 Å². The van der Waals surface area contributed by atoms with Gasteiger partial charge in [-0.05, 0) is 42.1 Å². The summed E-state index contributed by atoms with van der Waals surface area (Å²) in [5.41, 5.74) is 0.757. The molecular formula is C16H13ClN2O3S. The lowest BCUT2D eigenvalue weighted by Crippen LogP contribution is -1.92. The van der Waals surface area contributed by atoms with Crippen molar-refractivity contribution in [3.05, 3.63) is 47.2 Å². The minimum atomic E-state index is 0.0814. The standard InChI is InChI=1S/C16H13ClN2O3S/c1-2-21-13-9-10(5-6-12(13)20)8-11(17)16-18-15(19-22-16)14-4-3-7-23-14/h3-9,20H,2H2,1H3/b11-8-. The molecule has 23 heavy (non-hydrogen) atoms. The molecule has 0 bridgehead atoms. The first-order valence-electron chi connectivity index (χ1n) is 6.88. The van der Waals surface area contributed by atoms with Crippen LogP contribution < -0.4 is 4.74 Å². The number of aromatic nitrogens is 2. The van der Waals surface area contributed by atoms with Crippen LogP contribution in [0.25, 0.3) is 21.8 Å². The largest absolute Gasteiger partial charge is 0.504 e. The Morgan fingerprint density at radius 1 is 1.43 bits per heavy atom. The fraction of sp³-hybridized carbons (Fsp3) is 0.125. The monoisotopic (exact) mass is 348 g/mol. The summed E-state index contributed by atoms with van der Waals surface area (Å²) in [5.74, 6) is 1.22. The second kappa shape index (κ2) is 6.85. The lowest BCUT2D eigenvalue weighted by Gasteiger charge is -2.06. The SMILES string of the molecule is CCOc1cc(/C=C(\Cl)c2nc(-c3cccs3)no2)ccc1O. The number of hydrogen-bond donors (Lipinski definition) is 1. The molecule has 0 aliphatic heterocycles. The third kappa shape index (κ3) is 3.55. The first-order chi connectivity index (χ1) is 11.2. The zero-order valence-electron chi connectivity index (χ0n) is 12.2. The van der Waals surface area contributed by atoms with Gasteiger partial charge in [-0.3, -0.25) is 0 Å². The zero-order valence-corrected chi connectivity index (χ0v) is 13.8. The van der Waals surface area contributed by atoms with Crippen molar-refractivity contribution in [1.29, 1.82) is 0 Å². The van der Waals surface area contributed by atoms with Gasteiger partial charge in [0.05, 0.1) is 11.5 Å². The van der Waals surface area contributed by atoms with Crippen LogP contribution in [0.5, 0.6) is 11.5 Å². The van der Waals surface area contributed by atoms with E-state index in [2.05, 4.69) is 10.1 Å². The molecule has 7 heteroatoms. The lowest BCUT2D eigenvalue weighted by atomic mass is 10.2. The molecule has 0 spiro atoms. The second-order valence-electron chi connectivity index (χ2n) is 4.55. The van der Waals surface area contributed by atoms with Crippen LogP contribution in [-0.4, -0.2) is 21.9 Å². The molecule has 0 fully saturated rings. The van der Waals surface area contributed by atoms with E-state index in [4.69, 9.17) is 20.9 Å². The Balaban J connectivity index is 1.86. The van der Waals surface area contributed by atoms with E-state index in [9.17, 15) is 5.11 Å². The average Bonchev–Trinajstić information content (AvgIpc) is 3.21. The van der Waals surface area contributed by atoms with Crippen molar-refractivity contribution in [2.75, 3.05) is 6.61 Å². The Bertz CT molecular complexity index is 828. The van der Waals surface area contributed by atoms with E-state index in [0.717, 1.165) is 10.4 Å². The molecule has 0 saturated carbocycles. The van der Waals surface area contributed by atoms with Crippen LogP contribution in [0.15, 0.2) is 40.2 Å². The third-order valence-corrected chi connectivity index (χ3v) is 4.09. The highest BCUT2D eigenvalue weighted by Crippen LogP contribution is 2.30. The van der Waals surface area contributed by atoms with E-state index in [-0.39, 0.29) is 11.6 Å². The van der Waals surface area contributed by atoms with Gasteiger partial charge >= 0.3 is 0 Å². The molecular weight excluding hydrogens is 336 g/mol. The number of nitrogens with zero attached hydrogens (tertiary/aromatic N) is 2. The van der Waals surface area contributed by atoms with Crippen LogP contribution in [0.4, 0.5) is 0 Å². The molecule has 118 valence electrons. The molecule has 3 aromatic rings. The van der Waals surface area contributed by atoms with Gasteiger partial charge in [-0.1, -0.05) is 28.9 Å². The fourth-order valence-electron chi connectivity index (χ4n) is 1.93. The van der Waals surface area contributed by atoms with Gasteiger partial charge in [0.1, 0.15) is 5.03 Å². The summed E-state index contributed by atoms with van der Waals surface area (Å²) in [6, 6.07) is 8.78. The number of halogens is 1. The van der Waals surface area contributed by atoms with Crippen LogP contribution in [-0.2, 0) is 0 Å². The summed E-state index contributed by atoms with van der Waals surface area (Å²) in [6.45, 7) is 2.31. The van der Waals surface area contributed by atoms with Crippen molar-refractivity contribution in [1.82, 2.24) is 10.1 Å². The van der Waals surface area contributed by atoms with Gasteiger partial charge in [0.25, 0.3) is 5.89 Å². The van der Waals surface area contributed by atoms with Gasteiger partial charge in [-0.15, -0.1) is 11.3 Å². The van der Waals surface area contributed by atoms with Crippen LogP contribution in [0, 0.1) is 0 Å². The predicted molar refractivity (Wildman–Crippen MR) is 90.6 cm³/mol. The molecule has 1 N–H and O–H groups in total. The fourth-order valence-corrected chi connectivity index (χ4v) is 2.78. The summed E-state index contributed by atoms with van der Waals surface area (Å²) in [6.07, 6.45) is 1.68. The topological polar surface area (TPSA) is 68.4 Å². The van der Waals surface area contributed by atoms with Gasteiger partial charge in [0.2, 0.25) is 5.82 Å². The normalized spacial score (nSPS) is 11.7. The van der Waals surface area contributed by atoms with Crippen molar-refractivity contribution in [3.63, 3.8) is 0 Å². The number of ether oxygens (including phenoxy) is 1. The molecule has 0 unspecified atom stereocenters. The maximum absolute atomic E-state index is 9.71. The molecule has 1 aromatic carbocycles. The number of phenolic OH excluding ortho intramolecular Hbond substituents is 1. The van der Waals surface area contributed by atoms with Crippen LogP contribution in [0.2, 0.25) is 0 Å². The number of thiophene rings is 1. The Kier molecular flexibility index (Phi) is 4.64. The first kappa shape index (κ1) is 15.6. The molecule has 0 saturated heterocycles. The summed E-state index contributed by atoms with van der Waals surface area (Å²) in [4.78, 5) is 5.19. The van der Waals surface area contributed by atoms with Crippen LogP contribution in [0.3, 0.4) is 0 Å². The van der Waals surface area contributed by atoms with Crippen LogP contribution in [0.1, 0.15) is 18.4 Å². The molecule has 0 aliphatic rings. The number of phenols is 1. The van der Waals surface area contributed by atoms with Crippen molar-refractivity contribution in [2.45, 2.75) is 6.92 Å². The number of rotatable bonds is 5. The van der Waals surface area contributed by atoms with E-state index in [1.807, 2.05) is 24.4 Å². The molecule has 0 aliphatic carbocycles. The van der Waals surface area contributed by atoms with E-state index in [1.165, 1.54) is 11.3 Å². The van der Waals surface area contributed by atoms with E-state index >= 15 is 0 Å². The van der Waals surface area contributed by atoms with E-state index in [1.54, 1.807) is 24.3 Å². The van der Waals surface area contributed by atoms with E-state index in [0.29, 0.717) is 23.2 Å². The lowest BCUT2D eigenvalue weighted by molar-refractivity contribution is 0.318. The Morgan fingerprint density at radius 2 is 2.30 bits per heavy atom. The predicted octanol–water partition coefficient (Wildman–Crippen LogP) is 4.64. The third-order valence-electron chi connectivity index (χ3n) is 2.95. The Labute approximate surface area is 141 Å². The molecule has 2 heterocycles. The summed E-state index contributed by atoms with van der Waals surface area (Å²) in [5, 5.41) is 15.9. The maximum Gasteiger partial charge on any atom is 0.269 e. The minimum Gasteiger partial charge on any atom is -0.504 e. The summed E-state index contributed by atoms with van der Waals surface area (Å²) < 4.78 is 10.5. The van der Waals surface area contributed by atoms with Gasteiger partial charge in [0.15, 0.2) is 11.5 Å². The molecule has 2 aromatic heterocycles. The maximum atomic E-state index is 9.71. The van der Waals surface area contributed by atoms with Crippen molar-refractivity contribution in [3.8, 4) is 22.2 Å². The van der Waals surface area contributed by atoms with Crippen LogP contribution >= 0.6 is 22.9 Å². The molecule has 0 radical (unpaired) electrons. The quantitative estimate of drug-likeness (QED) is 0.727. The van der Waals surface area contributed by atoms with Gasteiger partial charge in [-0.25, -0.2) is 0 Å². The number of aromatic hydroxyl groups is 1. The Hall–Kier alpha value is -2.31. The number of benzene rings is 1. The minimum absolute atomic E-state index is 0.0814. The van der Waals surface area contributed by atoms with Gasteiger partial charge in [0, 0.05) is 0 Å². The van der Waals surface area contributed by atoms with Crippen molar-refractivity contribution in [2.24, 2.45) is 0 Å². The summed E-state index contributed by atoms with van der Waals surface area (Å²) >= 11 is 7.77. The van der Waals surface area contributed by atoms with Crippen molar-refractivity contribution >= 4 is 34.0 Å². The smallest absolute Gasteiger partial charge is 0.269 e. The highest BCUT2D eigenvalue weighted by Gasteiger charge is 2.12. The highest BCUT2D eigenvalue weighted by molar-refractivity contribution is 7.13. The summed E-state index contributed by atoms with van der Waals surface area (Å²) in [7, 11) is 0. The van der Waals surface area contributed by atoms with Gasteiger partial charge in [-0.2, -0.15) is 4.98 Å².